The quantitative estimate of drug-likeness (QED) is 0.285. The molecule has 0 aromatic heterocycles. The SMILES string of the molecule is CC1(C)C2CCC1(CS(=O)(=O)O)C(=O)C2.Oc1ccc2c(c1)[C@]13CCCC[C@H]1[C@H](C2)N(CCCOc1ccccc1)CC3. The van der Waals surface area contributed by atoms with E-state index in [4.69, 9.17) is 9.29 Å². The molecule has 3 saturated carbocycles. The van der Waals surface area contributed by atoms with Crippen LogP contribution in [-0.4, -0.2) is 60.3 Å². The lowest BCUT2D eigenvalue weighted by atomic mass is 9.52. The lowest BCUT2D eigenvalue weighted by Gasteiger charge is -2.59. The van der Waals surface area contributed by atoms with Crippen molar-refractivity contribution in [1.29, 1.82) is 0 Å². The fourth-order valence-electron chi connectivity index (χ4n) is 9.74. The van der Waals surface area contributed by atoms with Gasteiger partial charge in [-0.15, -0.1) is 0 Å². The topological polar surface area (TPSA) is 104 Å². The number of hydrogen-bond donors (Lipinski definition) is 2. The monoisotopic (exact) mass is 609 g/mol. The fourth-order valence-corrected chi connectivity index (χ4v) is 11.0. The van der Waals surface area contributed by atoms with E-state index in [-0.39, 0.29) is 17.1 Å². The van der Waals surface area contributed by atoms with Crippen molar-refractivity contribution >= 4 is 15.9 Å². The molecular formula is C35H47NO6S. The molecule has 2 unspecified atom stereocenters. The van der Waals surface area contributed by atoms with Gasteiger partial charge in [0.05, 0.1) is 17.8 Å². The van der Waals surface area contributed by atoms with Crippen molar-refractivity contribution in [3.05, 3.63) is 59.7 Å². The van der Waals surface area contributed by atoms with E-state index >= 15 is 0 Å². The number of aromatic hydroxyl groups is 1. The number of carbonyl (C=O) groups excluding carboxylic acids is 1. The molecule has 1 heterocycles. The first-order valence-electron chi connectivity index (χ1n) is 16.2. The van der Waals surface area contributed by atoms with Crippen LogP contribution in [0.25, 0.3) is 0 Å². The summed E-state index contributed by atoms with van der Waals surface area (Å²) in [7, 11) is -4.08. The summed E-state index contributed by atoms with van der Waals surface area (Å²) < 4.78 is 36.9. The van der Waals surface area contributed by atoms with Crippen molar-refractivity contribution in [3.8, 4) is 11.5 Å². The van der Waals surface area contributed by atoms with Crippen molar-refractivity contribution in [2.75, 3.05) is 25.4 Å². The molecule has 5 aliphatic rings. The fraction of sp³-hybridized carbons (Fsp3) is 0.629. The van der Waals surface area contributed by atoms with Gasteiger partial charge in [0.15, 0.2) is 0 Å². The first-order valence-corrected chi connectivity index (χ1v) is 17.8. The molecule has 2 aromatic carbocycles. The van der Waals surface area contributed by atoms with Crippen LogP contribution in [0.4, 0.5) is 0 Å². The van der Waals surface area contributed by atoms with Gasteiger partial charge in [0.2, 0.25) is 0 Å². The van der Waals surface area contributed by atoms with E-state index in [0.717, 1.165) is 44.1 Å². The minimum Gasteiger partial charge on any atom is -0.508 e. The zero-order valence-electron chi connectivity index (χ0n) is 25.6. The number of carbonyl (C=O) groups is 1. The first-order chi connectivity index (χ1) is 20.5. The number of Topliss-reactive ketones (excluding diaryl/α,β-unsaturated/α-hetero) is 1. The molecule has 2 aromatic rings. The number of phenols is 1. The zero-order chi connectivity index (χ0) is 30.5. The maximum atomic E-state index is 11.9. The van der Waals surface area contributed by atoms with Crippen molar-refractivity contribution < 1.29 is 27.6 Å². The third-order valence-corrected chi connectivity index (χ3v) is 13.0. The summed E-state index contributed by atoms with van der Waals surface area (Å²) in [6.07, 6.45) is 10.8. The first kappa shape index (κ1) is 30.6. The predicted octanol–water partition coefficient (Wildman–Crippen LogP) is 6.19. The third-order valence-electron chi connectivity index (χ3n) is 12.1. The van der Waals surface area contributed by atoms with Gasteiger partial charge in [-0.3, -0.25) is 14.2 Å². The largest absolute Gasteiger partial charge is 0.508 e. The highest BCUT2D eigenvalue weighted by molar-refractivity contribution is 7.85. The molecule has 1 saturated heterocycles. The molecule has 43 heavy (non-hydrogen) atoms. The number of nitrogens with zero attached hydrogens (tertiary/aromatic N) is 1. The molecule has 4 aliphatic carbocycles. The highest BCUT2D eigenvalue weighted by Crippen LogP contribution is 2.64. The van der Waals surface area contributed by atoms with Crippen LogP contribution in [0.5, 0.6) is 11.5 Å². The van der Waals surface area contributed by atoms with Crippen LogP contribution < -0.4 is 4.74 Å². The molecule has 1 aliphatic heterocycles. The molecular weight excluding hydrogens is 562 g/mol. The van der Waals surface area contributed by atoms with Gasteiger partial charge < -0.3 is 9.84 Å². The Balaban J connectivity index is 0.000000185. The molecule has 4 fully saturated rings. The Labute approximate surface area is 256 Å². The van der Waals surface area contributed by atoms with Gasteiger partial charge in [-0.2, -0.15) is 8.42 Å². The summed E-state index contributed by atoms with van der Waals surface area (Å²) >= 11 is 0. The Bertz CT molecular complexity index is 1440. The lowest BCUT2D eigenvalue weighted by Crippen LogP contribution is -2.61. The summed E-state index contributed by atoms with van der Waals surface area (Å²) in [5.74, 6) is 2.06. The number of hydrogen-bond acceptors (Lipinski definition) is 6. The number of phenolic OH excluding ortho intramolecular Hbond substituents is 1. The maximum absolute atomic E-state index is 11.9. The van der Waals surface area contributed by atoms with Gasteiger partial charge in [0, 0.05) is 24.4 Å². The normalized spacial score (nSPS) is 32.3. The minimum absolute atomic E-state index is 0.0152. The van der Waals surface area contributed by atoms with E-state index in [2.05, 4.69) is 17.0 Å². The number of fused-ring (bicyclic) bond motifs is 3. The number of para-hydroxylation sites is 1. The molecule has 2 N–H and O–H groups in total. The minimum atomic E-state index is -4.08. The van der Waals surface area contributed by atoms with E-state index in [1.165, 1.54) is 49.8 Å². The van der Waals surface area contributed by atoms with Gasteiger partial charge >= 0.3 is 0 Å². The smallest absolute Gasteiger partial charge is 0.265 e. The maximum Gasteiger partial charge on any atom is 0.265 e. The van der Waals surface area contributed by atoms with E-state index in [1.807, 2.05) is 50.2 Å². The molecule has 234 valence electrons. The van der Waals surface area contributed by atoms with Gasteiger partial charge in [-0.25, -0.2) is 0 Å². The number of benzene rings is 2. The van der Waals surface area contributed by atoms with Crippen LogP contribution >= 0.6 is 0 Å². The summed E-state index contributed by atoms with van der Waals surface area (Å²) in [6, 6.07) is 17.0. The highest BCUT2D eigenvalue weighted by atomic mass is 32.2. The van der Waals surface area contributed by atoms with Crippen LogP contribution in [0.1, 0.15) is 82.8 Å². The van der Waals surface area contributed by atoms with Crippen LogP contribution in [0, 0.1) is 22.7 Å². The van der Waals surface area contributed by atoms with E-state index in [9.17, 15) is 18.3 Å². The van der Waals surface area contributed by atoms with Crippen molar-refractivity contribution in [3.63, 3.8) is 0 Å². The van der Waals surface area contributed by atoms with Crippen molar-refractivity contribution in [2.45, 2.75) is 89.5 Å². The Kier molecular flexibility index (Phi) is 8.18. The summed E-state index contributed by atoms with van der Waals surface area (Å²) in [5.41, 5.74) is 2.14. The molecule has 7 nitrogen and oxygen atoms in total. The third kappa shape index (κ3) is 5.53. The molecule has 5 atom stereocenters. The summed E-state index contributed by atoms with van der Waals surface area (Å²) in [4.78, 5) is 14.6. The second-order valence-electron chi connectivity index (χ2n) is 14.3. The van der Waals surface area contributed by atoms with Gasteiger partial charge in [-0.05, 0) is 104 Å². The standard InChI is InChI=1S/C25H31NO2.C10H16O4S/c27-20-11-10-19-17-24-22-9-4-5-12-25(22,23(19)18-20)13-15-26(24)14-6-16-28-21-7-2-1-3-8-21;1-9(2)7-3-4-10(9,8(11)5-7)6-15(12,13)14/h1-3,7-8,10-11,18,22,24,27H,4-6,9,12-17H2;7H,3-6H2,1-2H3,(H,12,13,14)/t22-,24-,25-;/m0./s1. The number of piperidine rings is 1. The molecule has 8 heteroatoms. The Hall–Kier alpha value is -2.42. The molecule has 0 radical (unpaired) electrons. The highest BCUT2D eigenvalue weighted by Gasteiger charge is 2.65. The summed E-state index contributed by atoms with van der Waals surface area (Å²) in [5, 5.41) is 10.1. The van der Waals surface area contributed by atoms with Gasteiger partial charge in [0.25, 0.3) is 10.1 Å². The van der Waals surface area contributed by atoms with E-state index < -0.39 is 21.3 Å². The Morgan fingerprint density at radius 1 is 1.00 bits per heavy atom. The van der Waals surface area contributed by atoms with E-state index in [1.54, 1.807) is 0 Å². The summed E-state index contributed by atoms with van der Waals surface area (Å²) in [6.45, 7) is 6.98. The Morgan fingerprint density at radius 2 is 1.79 bits per heavy atom. The zero-order valence-corrected chi connectivity index (χ0v) is 26.4. The predicted molar refractivity (Wildman–Crippen MR) is 167 cm³/mol. The second-order valence-corrected chi connectivity index (χ2v) is 15.8. The van der Waals surface area contributed by atoms with Crippen LogP contribution in [0.15, 0.2) is 48.5 Å². The van der Waals surface area contributed by atoms with Crippen molar-refractivity contribution in [2.24, 2.45) is 22.7 Å². The number of likely N-dealkylation sites (tertiary alicyclic amines) is 1. The van der Waals surface area contributed by atoms with E-state index in [0.29, 0.717) is 30.0 Å². The van der Waals surface area contributed by atoms with Crippen LogP contribution in [0.3, 0.4) is 0 Å². The van der Waals surface area contributed by atoms with Crippen LogP contribution in [-0.2, 0) is 26.7 Å². The Morgan fingerprint density at radius 3 is 2.49 bits per heavy atom. The number of ether oxygens (including phenoxy) is 1. The van der Waals surface area contributed by atoms with Gasteiger partial charge in [0.1, 0.15) is 17.3 Å². The molecule has 0 amide bonds. The number of rotatable bonds is 7. The van der Waals surface area contributed by atoms with Crippen LogP contribution in [0.2, 0.25) is 0 Å². The lowest BCUT2D eigenvalue weighted by molar-refractivity contribution is -0.128. The molecule has 0 spiro atoms. The molecule has 4 bridgehead atoms. The average molecular weight is 610 g/mol. The van der Waals surface area contributed by atoms with Crippen molar-refractivity contribution in [1.82, 2.24) is 4.90 Å². The number of ketones is 1. The molecule has 7 rings (SSSR count). The second kappa shape index (κ2) is 11.5. The van der Waals surface area contributed by atoms with Gasteiger partial charge in [-0.1, -0.05) is 51.0 Å². The average Bonchev–Trinajstić information content (AvgIpc) is 3.31.